The van der Waals surface area contributed by atoms with Crippen molar-refractivity contribution in [1.82, 2.24) is 4.90 Å². The molecule has 1 aromatic rings. The highest BCUT2D eigenvalue weighted by Crippen LogP contribution is 2.35. The highest BCUT2D eigenvalue weighted by molar-refractivity contribution is 8.26. The Kier molecular flexibility index (Phi) is 6.40. The molecule has 1 aromatic carbocycles. The molecule has 0 saturated carbocycles. The quantitative estimate of drug-likeness (QED) is 0.543. The maximum Gasteiger partial charge on any atom is 0.329 e. The highest BCUT2D eigenvalue weighted by Gasteiger charge is 2.40. The van der Waals surface area contributed by atoms with Gasteiger partial charge in [-0.05, 0) is 30.7 Å². The molecule has 25 heavy (non-hydrogen) atoms. The van der Waals surface area contributed by atoms with Crippen molar-refractivity contribution >= 4 is 46.3 Å². The van der Waals surface area contributed by atoms with E-state index in [2.05, 4.69) is 0 Å². The average molecular weight is 383 g/mol. The molecule has 1 aliphatic heterocycles. The Morgan fingerprint density at radius 3 is 2.72 bits per heavy atom. The monoisotopic (exact) mass is 383 g/mol. The number of ether oxygens (including phenoxy) is 2. The minimum Gasteiger partial charge on any atom is -0.493 e. The third kappa shape index (κ3) is 4.12. The molecule has 9 heteroatoms. The van der Waals surface area contributed by atoms with Crippen molar-refractivity contribution in [3.63, 3.8) is 0 Å². The van der Waals surface area contributed by atoms with E-state index in [0.29, 0.717) is 23.7 Å². The SMILES string of the molecule is CCOc1ccc(/C=C2\SC(=S)N(C(CO)C(=O)O)C2=O)cc1OC. The Labute approximate surface area is 154 Å². The summed E-state index contributed by atoms with van der Waals surface area (Å²) in [6.07, 6.45) is 1.59. The zero-order chi connectivity index (χ0) is 18.6. The van der Waals surface area contributed by atoms with E-state index in [4.69, 9.17) is 26.8 Å². The van der Waals surface area contributed by atoms with Crippen LogP contribution < -0.4 is 9.47 Å². The molecule has 0 bridgehead atoms. The number of aliphatic hydroxyl groups is 1. The Bertz CT molecular complexity index is 733. The maximum atomic E-state index is 12.5. The average Bonchev–Trinajstić information content (AvgIpc) is 2.84. The number of thioether (sulfide) groups is 1. The molecular formula is C16H17NO6S2. The molecule has 134 valence electrons. The first kappa shape index (κ1) is 19.2. The number of amides is 1. The van der Waals surface area contributed by atoms with Crippen molar-refractivity contribution in [3.05, 3.63) is 28.7 Å². The number of thiocarbonyl (C=S) groups is 1. The molecule has 0 aliphatic carbocycles. The Balaban J connectivity index is 2.31. The van der Waals surface area contributed by atoms with E-state index in [1.165, 1.54) is 7.11 Å². The molecule has 7 nitrogen and oxygen atoms in total. The van der Waals surface area contributed by atoms with E-state index in [-0.39, 0.29) is 9.23 Å². The standard InChI is InChI=1S/C16H17NO6S2/c1-3-23-11-5-4-9(6-12(11)22-2)7-13-14(19)17(16(24)25-13)10(8-18)15(20)21/h4-7,10,18H,3,8H2,1-2H3,(H,20,21)/b13-7-. The lowest BCUT2D eigenvalue weighted by Crippen LogP contribution is -2.46. The smallest absolute Gasteiger partial charge is 0.329 e. The molecule has 2 N–H and O–H groups in total. The van der Waals surface area contributed by atoms with E-state index < -0.39 is 24.5 Å². The van der Waals surface area contributed by atoms with Crippen LogP contribution in [0, 0.1) is 0 Å². The lowest BCUT2D eigenvalue weighted by molar-refractivity contribution is -0.146. The summed E-state index contributed by atoms with van der Waals surface area (Å²) in [6, 6.07) is 3.79. The molecule has 0 aromatic heterocycles. The van der Waals surface area contributed by atoms with E-state index in [1.807, 2.05) is 6.92 Å². The van der Waals surface area contributed by atoms with Crippen molar-refractivity contribution < 1.29 is 29.3 Å². The minimum absolute atomic E-state index is 0.0931. The molecule has 1 unspecified atom stereocenters. The van der Waals surface area contributed by atoms with Crippen LogP contribution in [0.2, 0.25) is 0 Å². The van der Waals surface area contributed by atoms with Crippen LogP contribution >= 0.6 is 24.0 Å². The number of aliphatic carboxylic acids is 1. The summed E-state index contributed by atoms with van der Waals surface area (Å²) in [5.74, 6) is -0.766. The second-order valence-electron chi connectivity index (χ2n) is 4.93. The largest absolute Gasteiger partial charge is 0.493 e. The number of aliphatic hydroxyl groups excluding tert-OH is 1. The Morgan fingerprint density at radius 1 is 1.44 bits per heavy atom. The molecule has 0 spiro atoms. The van der Waals surface area contributed by atoms with Crippen molar-refractivity contribution in [3.8, 4) is 11.5 Å². The van der Waals surface area contributed by atoms with E-state index in [1.54, 1.807) is 24.3 Å². The number of hydrogen-bond acceptors (Lipinski definition) is 7. The molecule has 1 saturated heterocycles. The fourth-order valence-corrected chi connectivity index (χ4v) is 3.58. The fourth-order valence-electron chi connectivity index (χ4n) is 2.22. The van der Waals surface area contributed by atoms with Gasteiger partial charge in [-0.25, -0.2) is 4.79 Å². The summed E-state index contributed by atoms with van der Waals surface area (Å²) in [5.41, 5.74) is 0.677. The van der Waals surface area contributed by atoms with Gasteiger partial charge in [-0.15, -0.1) is 0 Å². The first-order valence-corrected chi connectivity index (χ1v) is 8.57. The number of benzene rings is 1. The molecule has 1 fully saturated rings. The summed E-state index contributed by atoms with van der Waals surface area (Å²) >= 11 is 6.07. The fraction of sp³-hybridized carbons (Fsp3) is 0.312. The number of carbonyl (C=O) groups excluding carboxylic acids is 1. The minimum atomic E-state index is -1.40. The van der Waals surface area contributed by atoms with Crippen LogP contribution in [-0.4, -0.2) is 57.7 Å². The van der Waals surface area contributed by atoms with E-state index in [9.17, 15) is 14.7 Å². The number of carboxylic acid groups (broad SMARTS) is 1. The van der Waals surface area contributed by atoms with Crippen LogP contribution in [0.4, 0.5) is 0 Å². The zero-order valence-electron chi connectivity index (χ0n) is 13.6. The van der Waals surface area contributed by atoms with Crippen LogP contribution in [0.15, 0.2) is 23.1 Å². The lowest BCUT2D eigenvalue weighted by Gasteiger charge is -2.20. The van der Waals surface area contributed by atoms with Gasteiger partial charge in [0.25, 0.3) is 5.91 Å². The van der Waals surface area contributed by atoms with Gasteiger partial charge in [-0.1, -0.05) is 30.0 Å². The van der Waals surface area contributed by atoms with Crippen molar-refractivity contribution in [2.24, 2.45) is 0 Å². The summed E-state index contributed by atoms with van der Waals surface area (Å²) < 4.78 is 10.8. The third-order valence-electron chi connectivity index (χ3n) is 3.38. The molecule has 1 heterocycles. The van der Waals surface area contributed by atoms with Crippen molar-refractivity contribution in [2.45, 2.75) is 13.0 Å². The Morgan fingerprint density at radius 2 is 2.16 bits per heavy atom. The summed E-state index contributed by atoms with van der Waals surface area (Å²) in [5, 5.41) is 18.3. The Hall–Kier alpha value is -2.10. The predicted octanol–water partition coefficient (Wildman–Crippen LogP) is 1.74. The van der Waals surface area contributed by atoms with Crippen molar-refractivity contribution in [2.75, 3.05) is 20.3 Å². The first-order chi connectivity index (χ1) is 11.9. The molecule has 0 radical (unpaired) electrons. The molecular weight excluding hydrogens is 366 g/mol. The number of nitrogens with zero attached hydrogens (tertiary/aromatic N) is 1. The van der Waals surface area contributed by atoms with Crippen LogP contribution in [0.1, 0.15) is 12.5 Å². The number of hydrogen-bond donors (Lipinski definition) is 2. The number of rotatable bonds is 7. The van der Waals surface area contributed by atoms with Gasteiger partial charge >= 0.3 is 5.97 Å². The van der Waals surface area contributed by atoms with Gasteiger partial charge < -0.3 is 19.7 Å². The van der Waals surface area contributed by atoms with Gasteiger partial charge in [0.1, 0.15) is 4.32 Å². The van der Waals surface area contributed by atoms with Gasteiger partial charge in [0.15, 0.2) is 17.5 Å². The highest BCUT2D eigenvalue weighted by atomic mass is 32.2. The second kappa shape index (κ2) is 8.32. The third-order valence-corrected chi connectivity index (χ3v) is 4.71. The van der Waals surface area contributed by atoms with Crippen LogP contribution in [0.25, 0.3) is 6.08 Å². The predicted molar refractivity (Wildman–Crippen MR) is 97.7 cm³/mol. The van der Waals surface area contributed by atoms with Gasteiger partial charge in [0.05, 0.1) is 25.2 Å². The van der Waals surface area contributed by atoms with Gasteiger partial charge in [0.2, 0.25) is 0 Å². The number of carbonyl (C=O) groups is 2. The van der Waals surface area contributed by atoms with Gasteiger partial charge in [-0.3, -0.25) is 9.69 Å². The van der Waals surface area contributed by atoms with Crippen molar-refractivity contribution in [1.29, 1.82) is 0 Å². The second-order valence-corrected chi connectivity index (χ2v) is 6.61. The number of carboxylic acids is 1. The van der Waals surface area contributed by atoms with Gasteiger partial charge in [-0.2, -0.15) is 0 Å². The number of methoxy groups -OCH3 is 1. The molecule has 1 atom stereocenters. The maximum absolute atomic E-state index is 12.5. The topological polar surface area (TPSA) is 96.3 Å². The summed E-state index contributed by atoms with van der Waals surface area (Å²) in [6.45, 7) is 1.64. The summed E-state index contributed by atoms with van der Waals surface area (Å²) in [4.78, 5) is 24.8. The van der Waals surface area contributed by atoms with E-state index >= 15 is 0 Å². The summed E-state index contributed by atoms with van der Waals surface area (Å²) in [7, 11) is 1.51. The molecule has 2 rings (SSSR count). The normalized spacial score (nSPS) is 17.1. The lowest BCUT2D eigenvalue weighted by atomic mass is 10.1. The zero-order valence-corrected chi connectivity index (χ0v) is 15.2. The molecule has 1 aliphatic rings. The van der Waals surface area contributed by atoms with Crippen LogP contribution in [-0.2, 0) is 9.59 Å². The molecule has 1 amide bonds. The van der Waals surface area contributed by atoms with Crippen LogP contribution in [0.3, 0.4) is 0 Å². The van der Waals surface area contributed by atoms with E-state index in [0.717, 1.165) is 16.7 Å². The van der Waals surface area contributed by atoms with Gasteiger partial charge in [0, 0.05) is 0 Å². The van der Waals surface area contributed by atoms with Crippen LogP contribution in [0.5, 0.6) is 11.5 Å². The first-order valence-electron chi connectivity index (χ1n) is 7.34.